The molecule has 5 rings (SSSR count). The van der Waals surface area contributed by atoms with Gasteiger partial charge in [0.25, 0.3) is 0 Å². The maximum absolute atomic E-state index is 12.8. The number of carbonyl (C=O) groups excluding carboxylic acids is 1. The van der Waals surface area contributed by atoms with E-state index in [4.69, 9.17) is 9.47 Å². The molecule has 0 radical (unpaired) electrons. The van der Waals surface area contributed by atoms with Crippen LogP contribution in [0.1, 0.15) is 29.8 Å². The Morgan fingerprint density at radius 2 is 2.00 bits per heavy atom. The molecule has 0 fully saturated rings. The van der Waals surface area contributed by atoms with Crippen LogP contribution in [-0.4, -0.2) is 33.0 Å². The Labute approximate surface area is 189 Å². The van der Waals surface area contributed by atoms with Crippen LogP contribution in [0.15, 0.2) is 52.4 Å². The molecule has 8 nitrogen and oxygen atoms in total. The Kier molecular flexibility index (Phi) is 5.81. The topological polar surface area (TPSA) is 95.3 Å². The summed E-state index contributed by atoms with van der Waals surface area (Å²) in [5.41, 5.74) is 3.26. The van der Waals surface area contributed by atoms with Gasteiger partial charge in [-0.2, -0.15) is 4.98 Å². The molecule has 1 aromatic carbocycles. The minimum atomic E-state index is -0.296. The van der Waals surface area contributed by atoms with Gasteiger partial charge in [-0.25, -0.2) is 4.79 Å². The van der Waals surface area contributed by atoms with Gasteiger partial charge in [0.15, 0.2) is 11.5 Å². The molecule has 1 N–H and O–H groups in total. The number of aromatic nitrogens is 3. The number of benzene rings is 1. The average Bonchev–Trinajstić information content (AvgIpc) is 3.28. The van der Waals surface area contributed by atoms with Crippen LogP contribution in [0.4, 0.5) is 5.69 Å². The second kappa shape index (κ2) is 9.04. The van der Waals surface area contributed by atoms with Crippen LogP contribution < -0.4 is 20.5 Å². The van der Waals surface area contributed by atoms with Gasteiger partial charge in [-0.1, -0.05) is 17.8 Å². The first-order valence-electron chi connectivity index (χ1n) is 10.5. The number of thioether (sulfide) groups is 1. The van der Waals surface area contributed by atoms with Gasteiger partial charge in [0.2, 0.25) is 12.7 Å². The van der Waals surface area contributed by atoms with E-state index in [0.717, 1.165) is 42.6 Å². The molecule has 0 spiro atoms. The highest BCUT2D eigenvalue weighted by Gasteiger charge is 2.22. The van der Waals surface area contributed by atoms with Crippen LogP contribution in [0.25, 0.3) is 0 Å². The van der Waals surface area contributed by atoms with Crippen molar-refractivity contribution in [2.45, 2.75) is 37.3 Å². The van der Waals surface area contributed by atoms with Gasteiger partial charge < -0.3 is 14.8 Å². The highest BCUT2D eigenvalue weighted by molar-refractivity contribution is 8.00. The normalized spacial score (nSPS) is 14.1. The zero-order chi connectivity index (χ0) is 21.9. The first-order valence-corrected chi connectivity index (χ1v) is 11.5. The van der Waals surface area contributed by atoms with E-state index in [-0.39, 0.29) is 24.1 Å². The molecule has 0 unspecified atom stereocenters. The molecule has 0 saturated heterocycles. The van der Waals surface area contributed by atoms with Crippen LogP contribution in [0.5, 0.6) is 11.5 Å². The van der Waals surface area contributed by atoms with Crippen molar-refractivity contribution >= 4 is 23.4 Å². The fourth-order valence-corrected chi connectivity index (χ4v) is 4.87. The van der Waals surface area contributed by atoms with Gasteiger partial charge in [-0.05, 0) is 49.9 Å². The summed E-state index contributed by atoms with van der Waals surface area (Å²) in [6.45, 7) is 0.593. The molecule has 2 aromatic heterocycles. The molecular formula is C23H22N4O4S. The molecule has 2 aliphatic rings. The molecule has 1 amide bonds. The van der Waals surface area contributed by atoms with Crippen molar-refractivity contribution in [3.05, 3.63) is 70.0 Å². The quantitative estimate of drug-likeness (QED) is 0.456. The van der Waals surface area contributed by atoms with Crippen LogP contribution in [-0.2, 0) is 24.2 Å². The smallest absolute Gasteiger partial charge is 0.349 e. The van der Waals surface area contributed by atoms with E-state index in [1.807, 2.05) is 18.2 Å². The molecule has 3 aromatic rings. The Morgan fingerprint density at radius 1 is 1.12 bits per heavy atom. The van der Waals surface area contributed by atoms with E-state index in [1.165, 1.54) is 11.8 Å². The van der Waals surface area contributed by atoms with Gasteiger partial charge in [0.1, 0.15) is 5.03 Å². The van der Waals surface area contributed by atoms with E-state index in [0.29, 0.717) is 28.8 Å². The van der Waals surface area contributed by atoms with Crippen molar-refractivity contribution in [2.75, 3.05) is 17.9 Å². The van der Waals surface area contributed by atoms with E-state index in [2.05, 4.69) is 15.3 Å². The van der Waals surface area contributed by atoms with E-state index >= 15 is 0 Å². The van der Waals surface area contributed by atoms with Crippen molar-refractivity contribution in [1.82, 2.24) is 14.5 Å². The number of nitrogens with one attached hydrogen (secondary N) is 1. The SMILES string of the molecule is O=C(CSc1nc(=O)n(Cc2ccccn2)c2c1CCCC2)Nc1ccc2c(c1)OCO2. The maximum atomic E-state index is 12.8. The highest BCUT2D eigenvalue weighted by atomic mass is 32.2. The molecule has 164 valence electrons. The summed E-state index contributed by atoms with van der Waals surface area (Å²) in [5, 5.41) is 3.52. The standard InChI is InChI=1S/C23H22N4O4S/c28-21(25-15-8-9-19-20(11-15)31-14-30-19)13-32-22-17-6-1-2-7-18(17)27(23(29)26-22)12-16-5-3-4-10-24-16/h3-5,8-11H,1-2,6-7,12-14H2,(H,25,28). The molecular weight excluding hydrogens is 428 g/mol. The number of amides is 1. The van der Waals surface area contributed by atoms with E-state index < -0.39 is 0 Å². The molecule has 0 bridgehead atoms. The average molecular weight is 451 g/mol. The molecule has 0 atom stereocenters. The fourth-order valence-electron chi connectivity index (χ4n) is 3.99. The lowest BCUT2D eigenvalue weighted by atomic mass is 9.97. The Balaban J connectivity index is 1.32. The summed E-state index contributed by atoms with van der Waals surface area (Å²) in [5.74, 6) is 1.28. The zero-order valence-electron chi connectivity index (χ0n) is 17.4. The number of carbonyl (C=O) groups is 1. The maximum Gasteiger partial charge on any atom is 0.349 e. The summed E-state index contributed by atoms with van der Waals surface area (Å²) in [6, 6.07) is 11.0. The lowest BCUT2D eigenvalue weighted by Crippen LogP contribution is -2.31. The summed E-state index contributed by atoms with van der Waals surface area (Å²) in [7, 11) is 0. The molecule has 32 heavy (non-hydrogen) atoms. The van der Waals surface area contributed by atoms with Gasteiger partial charge in [-0.3, -0.25) is 14.3 Å². The van der Waals surface area contributed by atoms with Gasteiger partial charge in [0, 0.05) is 29.2 Å². The lowest BCUT2D eigenvalue weighted by Gasteiger charge is -2.22. The molecule has 1 aliphatic carbocycles. The van der Waals surface area contributed by atoms with Crippen molar-refractivity contribution < 1.29 is 14.3 Å². The lowest BCUT2D eigenvalue weighted by molar-refractivity contribution is -0.113. The largest absolute Gasteiger partial charge is 0.454 e. The first-order chi connectivity index (χ1) is 15.7. The number of nitrogens with zero attached hydrogens (tertiary/aromatic N) is 3. The molecule has 0 saturated carbocycles. The van der Waals surface area contributed by atoms with Gasteiger partial charge in [-0.15, -0.1) is 0 Å². The van der Waals surface area contributed by atoms with E-state index in [1.54, 1.807) is 29.0 Å². The van der Waals surface area contributed by atoms with E-state index in [9.17, 15) is 9.59 Å². The third-order valence-electron chi connectivity index (χ3n) is 5.49. The number of rotatable bonds is 6. The second-order valence-electron chi connectivity index (χ2n) is 7.64. The van der Waals surface area contributed by atoms with Crippen LogP contribution in [0, 0.1) is 0 Å². The van der Waals surface area contributed by atoms with Gasteiger partial charge >= 0.3 is 5.69 Å². The monoisotopic (exact) mass is 450 g/mol. The van der Waals surface area contributed by atoms with Crippen LogP contribution >= 0.6 is 11.8 Å². The van der Waals surface area contributed by atoms with Crippen molar-refractivity contribution in [3.63, 3.8) is 0 Å². The third-order valence-corrected chi connectivity index (χ3v) is 6.51. The van der Waals surface area contributed by atoms with Crippen LogP contribution in [0.3, 0.4) is 0 Å². The Hall–Kier alpha value is -3.33. The Bertz CT molecular complexity index is 1210. The van der Waals surface area contributed by atoms with Crippen molar-refractivity contribution in [2.24, 2.45) is 0 Å². The molecule has 1 aliphatic heterocycles. The predicted octanol–water partition coefficient (Wildman–Crippen LogP) is 3.02. The number of fused-ring (bicyclic) bond motifs is 2. The first kappa shape index (κ1) is 20.6. The summed E-state index contributed by atoms with van der Waals surface area (Å²) in [4.78, 5) is 34.0. The third kappa shape index (κ3) is 4.34. The summed E-state index contributed by atoms with van der Waals surface area (Å²) >= 11 is 1.31. The highest BCUT2D eigenvalue weighted by Crippen LogP contribution is 2.34. The molecule has 9 heteroatoms. The van der Waals surface area contributed by atoms with Crippen molar-refractivity contribution in [3.8, 4) is 11.5 Å². The number of pyridine rings is 1. The number of hydrogen-bond acceptors (Lipinski definition) is 7. The zero-order valence-corrected chi connectivity index (χ0v) is 18.2. The van der Waals surface area contributed by atoms with Crippen LogP contribution in [0.2, 0.25) is 0 Å². The number of anilines is 1. The van der Waals surface area contributed by atoms with Gasteiger partial charge in [0.05, 0.1) is 18.0 Å². The second-order valence-corrected chi connectivity index (χ2v) is 8.61. The number of hydrogen-bond donors (Lipinski definition) is 1. The summed E-state index contributed by atoms with van der Waals surface area (Å²) < 4.78 is 12.4. The minimum absolute atomic E-state index is 0.164. The fraction of sp³-hybridized carbons (Fsp3) is 0.304. The summed E-state index contributed by atoms with van der Waals surface area (Å²) in [6.07, 6.45) is 5.50. The number of ether oxygens (including phenoxy) is 2. The minimum Gasteiger partial charge on any atom is -0.454 e. The predicted molar refractivity (Wildman–Crippen MR) is 120 cm³/mol. The molecule has 3 heterocycles. The van der Waals surface area contributed by atoms with Crippen molar-refractivity contribution in [1.29, 1.82) is 0 Å². The Morgan fingerprint density at radius 3 is 2.88 bits per heavy atom.